The van der Waals surface area contributed by atoms with Gasteiger partial charge in [-0.1, -0.05) is 30.3 Å². The van der Waals surface area contributed by atoms with Gasteiger partial charge >= 0.3 is 12.1 Å². The number of nitrogens with zero attached hydrogens (tertiary/aromatic N) is 1. The summed E-state index contributed by atoms with van der Waals surface area (Å²) in [4.78, 5) is 24.8. The summed E-state index contributed by atoms with van der Waals surface area (Å²) in [6.45, 7) is 0.391. The third kappa shape index (κ3) is 5.47. The molecule has 2 atom stereocenters. The summed E-state index contributed by atoms with van der Waals surface area (Å²) in [7, 11) is 0. The molecule has 1 aliphatic rings. The lowest BCUT2D eigenvalue weighted by atomic mass is 9.92. The van der Waals surface area contributed by atoms with E-state index in [0.29, 0.717) is 13.0 Å². The fourth-order valence-corrected chi connectivity index (χ4v) is 3.32. The Morgan fingerprint density at radius 1 is 1.20 bits per heavy atom. The molecule has 0 unspecified atom stereocenters. The molecule has 1 aromatic rings. The van der Waals surface area contributed by atoms with Crippen LogP contribution >= 0.6 is 0 Å². The first-order valence-corrected chi connectivity index (χ1v) is 8.42. The summed E-state index contributed by atoms with van der Waals surface area (Å²) < 4.78 is 40.3. The van der Waals surface area contributed by atoms with Crippen molar-refractivity contribution in [1.29, 1.82) is 0 Å². The van der Waals surface area contributed by atoms with E-state index in [1.54, 1.807) is 6.07 Å². The van der Waals surface area contributed by atoms with Gasteiger partial charge in [0.1, 0.15) is 0 Å². The fourth-order valence-electron chi connectivity index (χ4n) is 3.32. The van der Waals surface area contributed by atoms with Crippen molar-refractivity contribution in [1.82, 2.24) is 4.90 Å². The van der Waals surface area contributed by atoms with E-state index in [9.17, 15) is 22.8 Å². The lowest BCUT2D eigenvalue weighted by Gasteiger charge is -2.36. The maximum absolute atomic E-state index is 13.4. The summed E-state index contributed by atoms with van der Waals surface area (Å²) in [6.07, 6.45) is -2.73. The predicted molar refractivity (Wildman–Crippen MR) is 86.1 cm³/mol. The minimum absolute atomic E-state index is 0.0717. The molecule has 1 aromatic carbocycles. The number of carbonyl (C=O) groups excluding carboxylic acids is 1. The van der Waals surface area contributed by atoms with Crippen molar-refractivity contribution in [3.05, 3.63) is 35.9 Å². The average Bonchev–Trinajstić information content (AvgIpc) is 2.57. The van der Waals surface area contributed by atoms with Crippen LogP contribution in [0.15, 0.2) is 30.3 Å². The Morgan fingerprint density at radius 2 is 1.88 bits per heavy atom. The number of aliphatic carboxylic acids is 1. The Hall–Kier alpha value is -2.05. The summed E-state index contributed by atoms with van der Waals surface area (Å²) in [5, 5.41) is 8.82. The average molecular weight is 357 g/mol. The van der Waals surface area contributed by atoms with Crippen LogP contribution in [-0.4, -0.2) is 40.6 Å². The normalized spacial score (nSPS) is 19.5. The predicted octanol–water partition coefficient (Wildman–Crippen LogP) is 3.97. The minimum Gasteiger partial charge on any atom is -0.481 e. The van der Waals surface area contributed by atoms with Crippen LogP contribution in [0.2, 0.25) is 0 Å². The summed E-state index contributed by atoms with van der Waals surface area (Å²) in [5.41, 5.74) is 0.0717. The van der Waals surface area contributed by atoms with E-state index in [1.807, 2.05) is 0 Å². The molecule has 1 heterocycles. The molecule has 0 radical (unpaired) electrons. The van der Waals surface area contributed by atoms with Crippen LogP contribution in [0.25, 0.3) is 0 Å². The van der Waals surface area contributed by atoms with Crippen LogP contribution in [0, 0.1) is 0 Å². The molecule has 0 bridgehead atoms. The molecule has 1 aliphatic heterocycles. The smallest absolute Gasteiger partial charge is 0.396 e. The number of piperidine rings is 1. The van der Waals surface area contributed by atoms with Gasteiger partial charge in [0.2, 0.25) is 5.91 Å². The number of hydrogen-bond donors (Lipinski definition) is 1. The number of carboxylic acids is 1. The molecule has 0 saturated carbocycles. The molecular weight excluding hydrogens is 335 g/mol. The van der Waals surface area contributed by atoms with E-state index < -0.39 is 30.4 Å². The molecule has 0 spiro atoms. The van der Waals surface area contributed by atoms with Crippen LogP contribution in [0.4, 0.5) is 13.2 Å². The number of carboxylic acid groups (broad SMARTS) is 1. The first kappa shape index (κ1) is 19.3. The number of carbonyl (C=O) groups is 2. The zero-order valence-electron chi connectivity index (χ0n) is 13.8. The van der Waals surface area contributed by atoms with Crippen molar-refractivity contribution in [2.24, 2.45) is 0 Å². The first-order chi connectivity index (χ1) is 11.8. The number of rotatable bonds is 6. The lowest BCUT2D eigenvalue weighted by molar-refractivity contribution is -0.162. The SMILES string of the molecule is O=C(O)CC[C@@H]1CCCCN1C(=O)C[C@@H](c1ccccc1)C(F)(F)F. The van der Waals surface area contributed by atoms with Gasteiger partial charge in [-0.2, -0.15) is 13.2 Å². The zero-order chi connectivity index (χ0) is 18.4. The molecule has 1 fully saturated rings. The summed E-state index contributed by atoms with van der Waals surface area (Å²) in [5.74, 6) is -3.36. The Balaban J connectivity index is 2.12. The van der Waals surface area contributed by atoms with Crippen molar-refractivity contribution in [3.8, 4) is 0 Å². The van der Waals surface area contributed by atoms with Gasteiger partial charge in [-0.25, -0.2) is 0 Å². The highest BCUT2D eigenvalue weighted by Gasteiger charge is 2.43. The van der Waals surface area contributed by atoms with E-state index in [1.165, 1.54) is 29.2 Å². The van der Waals surface area contributed by atoms with Crippen LogP contribution in [-0.2, 0) is 9.59 Å². The first-order valence-electron chi connectivity index (χ1n) is 8.42. The third-order valence-electron chi connectivity index (χ3n) is 4.61. The minimum atomic E-state index is -4.51. The number of alkyl halides is 3. The van der Waals surface area contributed by atoms with Gasteiger partial charge in [0.25, 0.3) is 0 Å². The van der Waals surface area contributed by atoms with Gasteiger partial charge in [-0.3, -0.25) is 9.59 Å². The second kappa shape index (κ2) is 8.36. The Morgan fingerprint density at radius 3 is 2.48 bits per heavy atom. The van der Waals surface area contributed by atoms with Crippen molar-refractivity contribution < 1.29 is 27.9 Å². The van der Waals surface area contributed by atoms with Crippen molar-refractivity contribution >= 4 is 11.9 Å². The van der Waals surface area contributed by atoms with E-state index >= 15 is 0 Å². The Kier molecular flexibility index (Phi) is 6.45. The highest BCUT2D eigenvalue weighted by molar-refractivity contribution is 5.78. The number of halogens is 3. The summed E-state index contributed by atoms with van der Waals surface area (Å²) >= 11 is 0. The molecule has 4 nitrogen and oxygen atoms in total. The van der Waals surface area contributed by atoms with Crippen molar-refractivity contribution in [2.75, 3.05) is 6.54 Å². The van der Waals surface area contributed by atoms with E-state index in [2.05, 4.69) is 0 Å². The van der Waals surface area contributed by atoms with Crippen LogP contribution in [0.5, 0.6) is 0 Å². The molecule has 1 N–H and O–H groups in total. The molecule has 25 heavy (non-hydrogen) atoms. The lowest BCUT2D eigenvalue weighted by Crippen LogP contribution is -2.45. The molecule has 1 saturated heterocycles. The number of hydrogen-bond acceptors (Lipinski definition) is 2. The highest BCUT2D eigenvalue weighted by Crippen LogP contribution is 2.38. The second-order valence-electron chi connectivity index (χ2n) is 6.38. The monoisotopic (exact) mass is 357 g/mol. The van der Waals surface area contributed by atoms with Gasteiger partial charge in [0, 0.05) is 25.4 Å². The van der Waals surface area contributed by atoms with E-state index in [-0.39, 0.29) is 24.4 Å². The zero-order valence-corrected chi connectivity index (χ0v) is 13.8. The molecule has 138 valence electrons. The molecule has 0 aromatic heterocycles. The van der Waals surface area contributed by atoms with Gasteiger partial charge in [-0.05, 0) is 31.2 Å². The van der Waals surface area contributed by atoms with E-state index in [4.69, 9.17) is 5.11 Å². The molecule has 2 rings (SSSR count). The topological polar surface area (TPSA) is 57.6 Å². The molecule has 1 amide bonds. The molecular formula is C18H22F3NO3. The van der Waals surface area contributed by atoms with Crippen molar-refractivity contribution in [3.63, 3.8) is 0 Å². The molecule has 7 heteroatoms. The van der Waals surface area contributed by atoms with Gasteiger partial charge in [-0.15, -0.1) is 0 Å². The Labute approximate surface area is 144 Å². The van der Waals surface area contributed by atoms with Gasteiger partial charge < -0.3 is 10.0 Å². The van der Waals surface area contributed by atoms with Crippen LogP contribution < -0.4 is 0 Å². The van der Waals surface area contributed by atoms with Crippen LogP contribution in [0.3, 0.4) is 0 Å². The number of benzene rings is 1. The van der Waals surface area contributed by atoms with Gasteiger partial charge in [0.15, 0.2) is 0 Å². The fraction of sp³-hybridized carbons (Fsp3) is 0.556. The summed E-state index contributed by atoms with van der Waals surface area (Å²) in [6, 6.07) is 7.14. The number of amides is 1. The van der Waals surface area contributed by atoms with Crippen LogP contribution in [0.1, 0.15) is 50.0 Å². The maximum atomic E-state index is 13.4. The highest BCUT2D eigenvalue weighted by atomic mass is 19.4. The largest absolute Gasteiger partial charge is 0.481 e. The standard InChI is InChI=1S/C18H22F3NO3/c19-18(20,21)15(13-6-2-1-3-7-13)12-16(23)22-11-5-4-8-14(22)9-10-17(24)25/h1-3,6-7,14-15H,4-5,8-12H2,(H,24,25)/t14-,15-/m0/s1. The second-order valence-corrected chi connectivity index (χ2v) is 6.38. The number of likely N-dealkylation sites (tertiary alicyclic amines) is 1. The van der Waals surface area contributed by atoms with E-state index in [0.717, 1.165) is 12.8 Å². The van der Waals surface area contributed by atoms with Gasteiger partial charge in [0.05, 0.1) is 5.92 Å². The Bertz CT molecular complexity index is 589. The third-order valence-corrected chi connectivity index (χ3v) is 4.61. The van der Waals surface area contributed by atoms with Crippen molar-refractivity contribution in [2.45, 2.75) is 56.7 Å². The quantitative estimate of drug-likeness (QED) is 0.838. The maximum Gasteiger partial charge on any atom is 0.396 e. The molecule has 0 aliphatic carbocycles.